The maximum absolute atomic E-state index is 12.8. The van der Waals surface area contributed by atoms with Crippen LogP contribution in [0.4, 0.5) is 0 Å². The van der Waals surface area contributed by atoms with Crippen LogP contribution in [-0.2, 0) is 6.61 Å². The Bertz CT molecular complexity index is 1390. The Morgan fingerprint density at radius 3 is 2.17 bits per heavy atom. The van der Waals surface area contributed by atoms with Crippen LogP contribution < -0.4 is 10.2 Å². The molecule has 4 aromatic carbocycles. The molecule has 0 bridgehead atoms. The highest BCUT2D eigenvalue weighted by molar-refractivity contribution is 5.92. The smallest absolute Gasteiger partial charge is 0.311 e. The summed E-state index contributed by atoms with van der Waals surface area (Å²) in [5.74, 6) is 0.853. The molecule has 0 aliphatic carbocycles. The molecule has 0 fully saturated rings. The number of carbonyl (C=O) groups is 1. The number of carbonyl (C=O) groups excluding carboxylic acids is 1. The lowest BCUT2D eigenvalue weighted by Crippen LogP contribution is -2.19. The van der Waals surface area contributed by atoms with E-state index in [4.69, 9.17) is 4.74 Å². The molecule has 1 heterocycles. The molecule has 36 heavy (non-hydrogen) atoms. The number of aromatic nitrogens is 3. The Morgan fingerprint density at radius 2 is 1.47 bits per heavy atom. The number of benzene rings is 4. The van der Waals surface area contributed by atoms with Crippen molar-refractivity contribution < 1.29 is 9.53 Å². The zero-order valence-electron chi connectivity index (χ0n) is 19.4. The molecule has 5 aromatic rings. The zero-order valence-corrected chi connectivity index (χ0v) is 19.4. The van der Waals surface area contributed by atoms with Crippen LogP contribution in [0.15, 0.2) is 120 Å². The molecule has 1 N–H and O–H groups in total. The first kappa shape index (κ1) is 22.7. The standard InChI is InChI=1S/C29H23N5O2/c35-29(32-30-20-22-16-18-26(19-17-22)36-21-23-10-4-1-5-11-23)27-31-28(24-12-6-2-7-13-24)34(33-27)25-14-8-3-9-15-25/h1-20H,21H2,(H,32,35)/b30-20-. The summed E-state index contributed by atoms with van der Waals surface area (Å²) in [6, 6.07) is 36.6. The first-order chi connectivity index (χ1) is 17.8. The van der Waals surface area contributed by atoms with Crippen LogP contribution in [-0.4, -0.2) is 26.9 Å². The average Bonchev–Trinajstić information content (AvgIpc) is 3.40. The van der Waals surface area contributed by atoms with Gasteiger partial charge in [0.25, 0.3) is 0 Å². The first-order valence-corrected chi connectivity index (χ1v) is 11.4. The minimum absolute atomic E-state index is 0.0273. The van der Waals surface area contributed by atoms with E-state index < -0.39 is 5.91 Å². The van der Waals surface area contributed by atoms with E-state index in [-0.39, 0.29) is 5.82 Å². The van der Waals surface area contributed by atoms with Crippen molar-refractivity contribution in [2.45, 2.75) is 6.61 Å². The van der Waals surface area contributed by atoms with Crippen LogP contribution in [0.5, 0.6) is 5.75 Å². The number of hydrazone groups is 1. The first-order valence-electron chi connectivity index (χ1n) is 11.4. The number of hydrogen-bond acceptors (Lipinski definition) is 5. The van der Waals surface area contributed by atoms with Gasteiger partial charge in [-0.1, -0.05) is 78.9 Å². The van der Waals surface area contributed by atoms with Crippen LogP contribution in [0.2, 0.25) is 0 Å². The van der Waals surface area contributed by atoms with Gasteiger partial charge in [-0.15, -0.1) is 5.10 Å². The fourth-order valence-electron chi connectivity index (χ4n) is 3.54. The molecule has 0 radical (unpaired) electrons. The minimum atomic E-state index is -0.499. The molecule has 0 unspecified atom stereocenters. The maximum atomic E-state index is 12.8. The second-order valence-corrected chi connectivity index (χ2v) is 7.91. The Balaban J connectivity index is 1.26. The zero-order chi connectivity index (χ0) is 24.6. The molecule has 1 amide bonds. The molecule has 1 aromatic heterocycles. The van der Waals surface area contributed by atoms with Gasteiger partial charge in [0.1, 0.15) is 12.4 Å². The highest BCUT2D eigenvalue weighted by Gasteiger charge is 2.18. The van der Waals surface area contributed by atoms with Crippen LogP contribution in [0.25, 0.3) is 17.1 Å². The summed E-state index contributed by atoms with van der Waals surface area (Å²) in [5.41, 5.74) is 6.09. The predicted octanol–water partition coefficient (Wildman–Crippen LogP) is 5.28. The molecule has 0 aliphatic heterocycles. The Labute approximate surface area is 208 Å². The molecule has 0 spiro atoms. The lowest BCUT2D eigenvalue weighted by atomic mass is 10.2. The summed E-state index contributed by atoms with van der Waals surface area (Å²) in [6.45, 7) is 0.498. The monoisotopic (exact) mass is 473 g/mol. The molecule has 7 heteroatoms. The Kier molecular flexibility index (Phi) is 6.90. The van der Waals surface area contributed by atoms with Crippen molar-refractivity contribution >= 4 is 12.1 Å². The van der Waals surface area contributed by atoms with Crippen molar-refractivity contribution in [3.8, 4) is 22.8 Å². The number of hydrogen-bond donors (Lipinski definition) is 1. The van der Waals surface area contributed by atoms with Crippen molar-refractivity contribution in [2.75, 3.05) is 0 Å². The van der Waals surface area contributed by atoms with Crippen molar-refractivity contribution in [3.63, 3.8) is 0 Å². The quantitative estimate of drug-likeness (QED) is 0.246. The van der Waals surface area contributed by atoms with Gasteiger partial charge in [0.05, 0.1) is 11.9 Å². The Morgan fingerprint density at radius 1 is 0.833 bits per heavy atom. The normalized spacial score (nSPS) is 10.9. The molecule has 5 rings (SSSR count). The second kappa shape index (κ2) is 10.9. The van der Waals surface area contributed by atoms with Crippen molar-refractivity contribution in [3.05, 3.63) is 132 Å². The van der Waals surface area contributed by atoms with Gasteiger partial charge in [0.15, 0.2) is 5.82 Å². The van der Waals surface area contributed by atoms with E-state index in [1.165, 1.54) is 0 Å². The molecule has 7 nitrogen and oxygen atoms in total. The van der Waals surface area contributed by atoms with Crippen LogP contribution >= 0.6 is 0 Å². The lowest BCUT2D eigenvalue weighted by molar-refractivity contribution is 0.0945. The number of ether oxygens (including phenoxy) is 1. The van der Waals surface area contributed by atoms with Gasteiger partial charge in [-0.3, -0.25) is 4.79 Å². The highest BCUT2D eigenvalue weighted by Crippen LogP contribution is 2.21. The number of nitrogens with one attached hydrogen (secondary N) is 1. The van der Waals surface area contributed by atoms with Gasteiger partial charge in [0.2, 0.25) is 5.82 Å². The average molecular weight is 474 g/mol. The third-order valence-electron chi connectivity index (χ3n) is 5.35. The molecule has 0 aliphatic rings. The van der Waals surface area contributed by atoms with E-state index >= 15 is 0 Å². The SMILES string of the molecule is O=C(N/N=C\c1ccc(OCc2ccccc2)cc1)c1nc(-c2ccccc2)n(-c2ccccc2)n1. The summed E-state index contributed by atoms with van der Waals surface area (Å²) in [7, 11) is 0. The molecular weight excluding hydrogens is 450 g/mol. The molecule has 0 saturated carbocycles. The Hall–Kier alpha value is -5.04. The minimum Gasteiger partial charge on any atom is -0.489 e. The number of para-hydroxylation sites is 1. The van der Waals surface area contributed by atoms with Crippen molar-refractivity contribution in [1.29, 1.82) is 0 Å². The van der Waals surface area contributed by atoms with E-state index in [1.807, 2.05) is 115 Å². The maximum Gasteiger partial charge on any atom is 0.311 e. The fraction of sp³-hybridized carbons (Fsp3) is 0.0345. The number of amides is 1. The largest absolute Gasteiger partial charge is 0.489 e. The summed E-state index contributed by atoms with van der Waals surface area (Å²) in [4.78, 5) is 17.2. The molecule has 0 saturated heterocycles. The van der Waals surface area contributed by atoms with Gasteiger partial charge in [0, 0.05) is 5.56 Å². The topological polar surface area (TPSA) is 81.4 Å². The fourth-order valence-corrected chi connectivity index (χ4v) is 3.54. The molecule has 0 atom stereocenters. The van der Waals surface area contributed by atoms with Crippen molar-refractivity contribution in [2.24, 2.45) is 5.10 Å². The second-order valence-electron chi connectivity index (χ2n) is 7.91. The molecule has 176 valence electrons. The molecular formula is C29H23N5O2. The number of rotatable bonds is 8. The number of nitrogens with zero attached hydrogens (tertiary/aromatic N) is 4. The third-order valence-corrected chi connectivity index (χ3v) is 5.35. The third kappa shape index (κ3) is 5.53. The lowest BCUT2D eigenvalue weighted by Gasteiger charge is -2.06. The van der Waals surface area contributed by atoms with Crippen LogP contribution in [0.1, 0.15) is 21.7 Å². The van der Waals surface area contributed by atoms with E-state index in [2.05, 4.69) is 20.6 Å². The predicted molar refractivity (Wildman–Crippen MR) is 139 cm³/mol. The van der Waals surface area contributed by atoms with E-state index in [1.54, 1.807) is 10.9 Å². The summed E-state index contributed by atoms with van der Waals surface area (Å²) >= 11 is 0. The highest BCUT2D eigenvalue weighted by atomic mass is 16.5. The van der Waals surface area contributed by atoms with Gasteiger partial charge in [-0.25, -0.2) is 15.1 Å². The summed E-state index contributed by atoms with van der Waals surface area (Å²) in [5, 5.41) is 8.51. The van der Waals surface area contributed by atoms with Gasteiger partial charge in [-0.2, -0.15) is 5.10 Å². The van der Waals surface area contributed by atoms with Gasteiger partial charge < -0.3 is 4.74 Å². The van der Waals surface area contributed by atoms with E-state index in [9.17, 15) is 4.79 Å². The van der Waals surface area contributed by atoms with Crippen LogP contribution in [0, 0.1) is 0 Å². The van der Waals surface area contributed by atoms with Crippen molar-refractivity contribution in [1.82, 2.24) is 20.2 Å². The van der Waals surface area contributed by atoms with Crippen LogP contribution in [0.3, 0.4) is 0 Å². The van der Waals surface area contributed by atoms with E-state index in [0.717, 1.165) is 28.1 Å². The van der Waals surface area contributed by atoms with Gasteiger partial charge >= 0.3 is 5.91 Å². The van der Waals surface area contributed by atoms with E-state index in [0.29, 0.717) is 12.4 Å². The summed E-state index contributed by atoms with van der Waals surface area (Å²) in [6.07, 6.45) is 1.56. The van der Waals surface area contributed by atoms with Gasteiger partial charge in [-0.05, 0) is 47.5 Å². The summed E-state index contributed by atoms with van der Waals surface area (Å²) < 4.78 is 7.46.